The molecule has 168 valence electrons. The van der Waals surface area contributed by atoms with Crippen LogP contribution < -0.4 is 5.32 Å². The van der Waals surface area contributed by atoms with Gasteiger partial charge in [-0.1, -0.05) is 48.5 Å². The van der Waals surface area contributed by atoms with Gasteiger partial charge in [0, 0.05) is 36.1 Å². The zero-order valence-corrected chi connectivity index (χ0v) is 17.7. The molecule has 0 aliphatic carbocycles. The minimum atomic E-state index is -1.66. The van der Waals surface area contributed by atoms with Crippen molar-refractivity contribution in [3.05, 3.63) is 102 Å². The molecule has 0 aliphatic heterocycles. The zero-order valence-electron chi connectivity index (χ0n) is 17.7. The lowest BCUT2D eigenvalue weighted by molar-refractivity contribution is -0.148. The highest BCUT2D eigenvalue weighted by Gasteiger charge is 2.26. The lowest BCUT2D eigenvalue weighted by Crippen LogP contribution is -2.45. The molecule has 2 heterocycles. The first-order valence-corrected chi connectivity index (χ1v) is 10.5. The average molecular weight is 446 g/mol. The van der Waals surface area contributed by atoms with E-state index < -0.39 is 23.9 Å². The molecular weight excluding hydrogens is 423 g/mol. The van der Waals surface area contributed by atoms with Gasteiger partial charge in [-0.3, -0.25) is 0 Å². The van der Waals surface area contributed by atoms with E-state index in [9.17, 15) is 19.4 Å². The summed E-state index contributed by atoms with van der Waals surface area (Å²) in [5.74, 6) is -1.19. The molecule has 2 unspecified atom stereocenters. The van der Waals surface area contributed by atoms with Gasteiger partial charge >= 0.3 is 5.97 Å². The summed E-state index contributed by atoms with van der Waals surface area (Å²) >= 11 is 0. The van der Waals surface area contributed by atoms with Gasteiger partial charge in [-0.2, -0.15) is 5.10 Å². The van der Waals surface area contributed by atoms with Crippen LogP contribution >= 0.6 is 0 Å². The van der Waals surface area contributed by atoms with E-state index in [2.05, 4.69) is 15.4 Å². The van der Waals surface area contributed by atoms with Crippen LogP contribution in [0.5, 0.6) is 0 Å². The van der Waals surface area contributed by atoms with Crippen LogP contribution in [0.4, 0.5) is 4.39 Å². The van der Waals surface area contributed by atoms with Gasteiger partial charge in [-0.05, 0) is 36.2 Å². The Morgan fingerprint density at radius 1 is 1.06 bits per heavy atom. The number of carbonyl (C=O) groups is 1. The number of aromatic nitrogens is 3. The summed E-state index contributed by atoms with van der Waals surface area (Å²) in [6.07, 6.45) is 1.94. The maximum absolute atomic E-state index is 13.6. The minimum Gasteiger partial charge on any atom is -0.479 e. The van der Waals surface area contributed by atoms with Crippen molar-refractivity contribution in [3.63, 3.8) is 0 Å². The Balaban J connectivity index is 1.55. The largest absolute Gasteiger partial charge is 0.479 e. The molecule has 0 radical (unpaired) electrons. The van der Waals surface area contributed by atoms with Gasteiger partial charge in [-0.25, -0.2) is 18.9 Å². The van der Waals surface area contributed by atoms with Gasteiger partial charge in [0.1, 0.15) is 5.82 Å². The number of nitrogens with zero attached hydrogens (tertiary/aromatic N) is 3. The van der Waals surface area contributed by atoms with Crippen LogP contribution in [0.3, 0.4) is 0 Å². The number of hydrogen-bond donors (Lipinski definition) is 3. The summed E-state index contributed by atoms with van der Waals surface area (Å²) in [7, 11) is 0. The van der Waals surface area contributed by atoms with Crippen LogP contribution in [-0.2, 0) is 17.8 Å². The van der Waals surface area contributed by atoms with E-state index in [0.717, 1.165) is 16.8 Å². The molecule has 4 rings (SSSR count). The molecule has 8 heteroatoms. The number of benzene rings is 2. The molecule has 0 bridgehead atoms. The molecule has 33 heavy (non-hydrogen) atoms. The molecular formula is C25H23FN4O3. The summed E-state index contributed by atoms with van der Waals surface area (Å²) in [6, 6.07) is 20.3. The van der Waals surface area contributed by atoms with E-state index in [-0.39, 0.29) is 13.0 Å². The predicted molar refractivity (Wildman–Crippen MR) is 121 cm³/mol. The van der Waals surface area contributed by atoms with E-state index in [1.165, 1.54) is 12.1 Å². The van der Waals surface area contributed by atoms with Crippen molar-refractivity contribution in [2.24, 2.45) is 0 Å². The van der Waals surface area contributed by atoms with Gasteiger partial charge in [-0.15, -0.1) is 0 Å². The Morgan fingerprint density at radius 2 is 1.88 bits per heavy atom. The fraction of sp³-hybridized carbons (Fsp3) is 0.160. The van der Waals surface area contributed by atoms with Crippen LogP contribution in [0.2, 0.25) is 0 Å². The number of carboxylic acids is 1. The van der Waals surface area contributed by atoms with Crippen LogP contribution in [0.25, 0.3) is 17.1 Å². The third-order valence-corrected chi connectivity index (χ3v) is 5.28. The Bertz CT molecular complexity index is 1230. The molecule has 2 atom stereocenters. The molecule has 0 saturated carbocycles. The summed E-state index contributed by atoms with van der Waals surface area (Å²) in [5.41, 5.74) is 3.12. The highest BCUT2D eigenvalue weighted by Crippen LogP contribution is 2.19. The molecule has 0 spiro atoms. The smallest absolute Gasteiger partial charge is 0.334 e. The number of carboxylic acid groups (broad SMARTS) is 1. The van der Waals surface area contributed by atoms with E-state index in [1.54, 1.807) is 29.1 Å². The standard InChI is InChI=1S/C25H23FN4O3/c26-20-10-4-6-17(14-20)15-22(23(31)25(32)33)28-16-19-9-5-12-27-24(19)30-13-11-21(29-30)18-7-2-1-3-8-18/h1-14,22-23,28,31H,15-16H2,(H,32,33). The fourth-order valence-electron chi connectivity index (χ4n) is 3.61. The summed E-state index contributed by atoms with van der Waals surface area (Å²) < 4.78 is 15.2. The minimum absolute atomic E-state index is 0.140. The van der Waals surface area contributed by atoms with Crippen molar-refractivity contribution < 1.29 is 19.4 Å². The van der Waals surface area contributed by atoms with Crippen molar-refractivity contribution >= 4 is 5.97 Å². The van der Waals surface area contributed by atoms with Crippen molar-refractivity contribution in [1.29, 1.82) is 0 Å². The lowest BCUT2D eigenvalue weighted by Gasteiger charge is -2.22. The second kappa shape index (κ2) is 10.2. The number of nitrogens with one attached hydrogen (secondary N) is 1. The Morgan fingerprint density at radius 3 is 2.64 bits per heavy atom. The van der Waals surface area contributed by atoms with Crippen LogP contribution in [0, 0.1) is 5.82 Å². The molecule has 2 aromatic heterocycles. The first kappa shape index (κ1) is 22.3. The highest BCUT2D eigenvalue weighted by atomic mass is 19.1. The van der Waals surface area contributed by atoms with Gasteiger partial charge in [0.2, 0.25) is 0 Å². The van der Waals surface area contributed by atoms with Gasteiger partial charge < -0.3 is 15.5 Å². The second-order valence-corrected chi connectivity index (χ2v) is 7.60. The first-order chi connectivity index (χ1) is 16.0. The van der Waals surface area contributed by atoms with Crippen molar-refractivity contribution in [3.8, 4) is 17.1 Å². The quantitative estimate of drug-likeness (QED) is 0.365. The zero-order chi connectivity index (χ0) is 23.2. The van der Waals surface area contributed by atoms with Crippen LogP contribution in [-0.4, -0.2) is 43.1 Å². The summed E-state index contributed by atoms with van der Waals surface area (Å²) in [4.78, 5) is 15.9. The van der Waals surface area contributed by atoms with E-state index in [0.29, 0.717) is 11.4 Å². The average Bonchev–Trinajstić information content (AvgIpc) is 3.32. The summed E-state index contributed by atoms with van der Waals surface area (Å²) in [6.45, 7) is 0.230. The fourth-order valence-corrected chi connectivity index (χ4v) is 3.61. The van der Waals surface area contributed by atoms with E-state index in [4.69, 9.17) is 0 Å². The Kier molecular flexibility index (Phi) is 6.87. The number of pyridine rings is 1. The molecule has 0 fully saturated rings. The molecule has 0 saturated heterocycles. The van der Waals surface area contributed by atoms with E-state index >= 15 is 0 Å². The first-order valence-electron chi connectivity index (χ1n) is 10.5. The molecule has 7 nitrogen and oxygen atoms in total. The normalized spacial score (nSPS) is 12.9. The Labute approximate surface area is 190 Å². The maximum Gasteiger partial charge on any atom is 0.334 e. The third kappa shape index (κ3) is 5.49. The third-order valence-electron chi connectivity index (χ3n) is 5.28. The number of aliphatic hydroxyl groups excluding tert-OH is 1. The van der Waals surface area contributed by atoms with Crippen molar-refractivity contribution in [1.82, 2.24) is 20.1 Å². The SMILES string of the molecule is O=C(O)C(O)C(Cc1cccc(F)c1)NCc1cccnc1-n1ccc(-c2ccccc2)n1. The predicted octanol–water partition coefficient (Wildman–Crippen LogP) is 3.22. The number of aliphatic carboxylic acids is 1. The maximum atomic E-state index is 13.6. The number of hydrogen-bond acceptors (Lipinski definition) is 5. The van der Waals surface area contributed by atoms with Crippen molar-refractivity contribution in [2.45, 2.75) is 25.1 Å². The van der Waals surface area contributed by atoms with Gasteiger partial charge in [0.15, 0.2) is 11.9 Å². The number of aliphatic hydroxyl groups is 1. The van der Waals surface area contributed by atoms with Crippen LogP contribution in [0.1, 0.15) is 11.1 Å². The van der Waals surface area contributed by atoms with Crippen molar-refractivity contribution in [2.75, 3.05) is 0 Å². The lowest BCUT2D eigenvalue weighted by atomic mass is 10.0. The monoisotopic (exact) mass is 446 g/mol. The van der Waals surface area contributed by atoms with Gasteiger partial charge in [0.25, 0.3) is 0 Å². The van der Waals surface area contributed by atoms with E-state index in [1.807, 2.05) is 48.7 Å². The summed E-state index contributed by atoms with van der Waals surface area (Å²) in [5, 5.41) is 27.3. The molecule has 0 aliphatic rings. The second-order valence-electron chi connectivity index (χ2n) is 7.60. The number of rotatable bonds is 9. The Hall–Kier alpha value is -3.88. The van der Waals surface area contributed by atoms with Crippen LogP contribution in [0.15, 0.2) is 85.2 Å². The topological polar surface area (TPSA) is 100 Å². The highest BCUT2D eigenvalue weighted by molar-refractivity contribution is 5.73. The molecule has 3 N–H and O–H groups in total. The molecule has 0 amide bonds. The molecule has 4 aromatic rings. The van der Waals surface area contributed by atoms with Gasteiger partial charge in [0.05, 0.1) is 5.69 Å². The molecule has 2 aromatic carbocycles. The number of halogens is 1.